The lowest BCUT2D eigenvalue weighted by Gasteiger charge is -2.34. The molecule has 35 heavy (non-hydrogen) atoms. The largest absolute Gasteiger partial charge is 0.497 e. The third kappa shape index (κ3) is 3.42. The highest BCUT2D eigenvalue weighted by Gasteiger charge is 2.63. The quantitative estimate of drug-likeness (QED) is 0.650. The number of anilines is 2. The first-order valence-corrected chi connectivity index (χ1v) is 11.3. The third-order valence-corrected chi connectivity index (χ3v) is 7.33. The summed E-state index contributed by atoms with van der Waals surface area (Å²) in [5.41, 5.74) is 1.58. The minimum absolute atomic E-state index is 0.204. The van der Waals surface area contributed by atoms with Crippen molar-refractivity contribution < 1.29 is 23.9 Å². The second kappa shape index (κ2) is 8.36. The number of piperazine rings is 1. The Morgan fingerprint density at radius 2 is 1.86 bits per heavy atom. The smallest absolute Gasteiger partial charge is 0.332 e. The number of methoxy groups -OCH3 is 2. The molecule has 2 bridgehead atoms. The first kappa shape index (κ1) is 22.8. The van der Waals surface area contributed by atoms with E-state index in [1.807, 2.05) is 6.07 Å². The molecule has 5 rings (SSSR count). The normalized spacial score (nSPS) is 22.4. The number of amides is 5. The SMILES string of the molecule is COc1cc(NC(=O)N2CC3CC2[C@H]2C(=O)N(c4ccc(C#N)c(Cl)c4C)C(=O)N32)cc(OC)c1. The van der Waals surface area contributed by atoms with E-state index in [-0.39, 0.29) is 22.7 Å². The topological polar surface area (TPSA) is 115 Å². The number of benzene rings is 2. The summed E-state index contributed by atoms with van der Waals surface area (Å²) in [6.45, 7) is 1.98. The van der Waals surface area contributed by atoms with Gasteiger partial charge in [0.2, 0.25) is 0 Å². The Kier molecular flexibility index (Phi) is 5.44. The molecule has 0 saturated carbocycles. The monoisotopic (exact) mass is 495 g/mol. The van der Waals surface area contributed by atoms with Gasteiger partial charge in [-0.25, -0.2) is 14.5 Å². The van der Waals surface area contributed by atoms with Crippen molar-refractivity contribution in [1.29, 1.82) is 5.26 Å². The predicted molar refractivity (Wildman–Crippen MR) is 127 cm³/mol. The first-order chi connectivity index (χ1) is 16.8. The number of hydrogen-bond donors (Lipinski definition) is 1. The Morgan fingerprint density at radius 3 is 2.49 bits per heavy atom. The van der Waals surface area contributed by atoms with Gasteiger partial charge >= 0.3 is 12.1 Å². The lowest BCUT2D eigenvalue weighted by Crippen LogP contribution is -2.55. The Hall–Kier alpha value is -3.97. The summed E-state index contributed by atoms with van der Waals surface area (Å²) in [7, 11) is 3.04. The van der Waals surface area contributed by atoms with Crippen LogP contribution in [-0.2, 0) is 4.79 Å². The summed E-state index contributed by atoms with van der Waals surface area (Å²) < 4.78 is 10.5. The van der Waals surface area contributed by atoms with Crippen LogP contribution >= 0.6 is 11.6 Å². The van der Waals surface area contributed by atoms with Crippen LogP contribution in [-0.4, -0.2) is 66.7 Å². The minimum Gasteiger partial charge on any atom is -0.497 e. The summed E-state index contributed by atoms with van der Waals surface area (Å²) in [6, 6.07) is 7.77. The van der Waals surface area contributed by atoms with Crippen LogP contribution in [0.3, 0.4) is 0 Å². The Morgan fingerprint density at radius 1 is 1.17 bits per heavy atom. The number of hydrogen-bond acceptors (Lipinski definition) is 6. The Balaban J connectivity index is 1.39. The van der Waals surface area contributed by atoms with Crippen molar-refractivity contribution in [3.63, 3.8) is 0 Å². The molecule has 3 fully saturated rings. The highest BCUT2D eigenvalue weighted by Crippen LogP contribution is 2.44. The van der Waals surface area contributed by atoms with Gasteiger partial charge in [0.15, 0.2) is 0 Å². The van der Waals surface area contributed by atoms with Gasteiger partial charge in [0.1, 0.15) is 23.6 Å². The van der Waals surface area contributed by atoms with E-state index in [9.17, 15) is 19.6 Å². The Bertz CT molecular complexity index is 1290. The van der Waals surface area contributed by atoms with Crippen LogP contribution in [0.15, 0.2) is 30.3 Å². The van der Waals surface area contributed by atoms with Crippen LogP contribution in [0.2, 0.25) is 5.02 Å². The lowest BCUT2D eigenvalue weighted by atomic mass is 10.1. The zero-order valence-corrected chi connectivity index (χ0v) is 20.0. The molecule has 5 amide bonds. The average molecular weight is 496 g/mol. The molecule has 2 unspecified atom stereocenters. The molecule has 3 aliphatic rings. The molecule has 2 aromatic carbocycles. The zero-order chi connectivity index (χ0) is 25.0. The Labute approximate surface area is 206 Å². The van der Waals surface area contributed by atoms with Gasteiger partial charge in [-0.15, -0.1) is 0 Å². The van der Waals surface area contributed by atoms with Crippen molar-refractivity contribution in [3.8, 4) is 17.6 Å². The van der Waals surface area contributed by atoms with E-state index in [0.717, 1.165) is 4.90 Å². The number of ether oxygens (including phenoxy) is 2. The number of carbonyl (C=O) groups is 3. The van der Waals surface area contributed by atoms with Gasteiger partial charge in [-0.2, -0.15) is 5.26 Å². The molecule has 3 aliphatic heterocycles. The van der Waals surface area contributed by atoms with E-state index < -0.39 is 24.0 Å². The minimum atomic E-state index is -0.777. The summed E-state index contributed by atoms with van der Waals surface area (Å²) in [5.74, 6) is 0.641. The fourth-order valence-electron chi connectivity index (χ4n) is 5.19. The number of nitriles is 1. The van der Waals surface area contributed by atoms with Crippen LogP contribution in [0.5, 0.6) is 11.5 Å². The molecule has 2 aromatic rings. The molecule has 180 valence electrons. The third-order valence-electron chi connectivity index (χ3n) is 6.85. The van der Waals surface area contributed by atoms with Crippen LogP contribution < -0.4 is 19.7 Å². The number of nitrogens with zero attached hydrogens (tertiary/aromatic N) is 4. The van der Waals surface area contributed by atoms with Crippen LogP contribution in [0, 0.1) is 18.3 Å². The highest BCUT2D eigenvalue weighted by atomic mass is 35.5. The molecule has 0 radical (unpaired) electrons. The number of carbonyl (C=O) groups excluding carboxylic acids is 3. The molecule has 10 nitrogen and oxygen atoms in total. The number of halogens is 1. The molecule has 3 heterocycles. The molecular weight excluding hydrogens is 474 g/mol. The second-order valence-corrected chi connectivity index (χ2v) is 9.01. The van der Waals surface area contributed by atoms with Gasteiger partial charge in [-0.3, -0.25) is 4.79 Å². The van der Waals surface area contributed by atoms with Gasteiger partial charge < -0.3 is 24.6 Å². The number of fused-ring (bicyclic) bond motifs is 5. The molecule has 0 aliphatic carbocycles. The van der Waals surface area contributed by atoms with E-state index >= 15 is 0 Å². The number of nitrogens with one attached hydrogen (secondary N) is 1. The van der Waals surface area contributed by atoms with Crippen molar-refractivity contribution in [2.45, 2.75) is 31.5 Å². The van der Waals surface area contributed by atoms with Crippen molar-refractivity contribution in [1.82, 2.24) is 9.80 Å². The van der Waals surface area contributed by atoms with Gasteiger partial charge in [-0.05, 0) is 31.0 Å². The summed E-state index contributed by atoms with van der Waals surface area (Å²) in [4.78, 5) is 44.2. The van der Waals surface area contributed by atoms with E-state index in [4.69, 9.17) is 21.1 Å². The highest BCUT2D eigenvalue weighted by molar-refractivity contribution is 6.33. The van der Waals surface area contributed by atoms with E-state index in [1.54, 1.807) is 41.0 Å². The lowest BCUT2D eigenvalue weighted by molar-refractivity contribution is -0.120. The second-order valence-electron chi connectivity index (χ2n) is 8.63. The van der Waals surface area contributed by atoms with E-state index in [0.29, 0.717) is 41.4 Å². The standard InChI is InChI=1S/C24H22ClN5O5/c1-12-18(5-4-13(10-26)20(12)25)30-22(31)21-19-8-15(29(21)24(30)33)11-28(19)23(32)27-14-6-16(34-2)9-17(7-14)35-3/h4-7,9,15,19,21H,8,11H2,1-3H3,(H,27,32)/t15?,19?,21-/m0/s1. The number of rotatable bonds is 4. The van der Waals surface area contributed by atoms with E-state index in [1.165, 1.54) is 20.3 Å². The van der Waals surface area contributed by atoms with Gasteiger partial charge in [0.25, 0.3) is 5.91 Å². The van der Waals surface area contributed by atoms with Crippen LogP contribution in [0.1, 0.15) is 17.5 Å². The summed E-state index contributed by atoms with van der Waals surface area (Å²) >= 11 is 6.28. The maximum atomic E-state index is 13.5. The summed E-state index contributed by atoms with van der Waals surface area (Å²) in [5, 5.41) is 12.3. The maximum Gasteiger partial charge on any atom is 0.332 e. The van der Waals surface area contributed by atoms with Gasteiger partial charge in [0.05, 0.1) is 42.6 Å². The van der Waals surface area contributed by atoms with Crippen molar-refractivity contribution in [2.75, 3.05) is 31.0 Å². The van der Waals surface area contributed by atoms with Crippen molar-refractivity contribution in [3.05, 3.63) is 46.5 Å². The molecule has 3 atom stereocenters. The van der Waals surface area contributed by atoms with Crippen LogP contribution in [0.25, 0.3) is 0 Å². The number of imide groups is 1. The van der Waals surface area contributed by atoms with Crippen molar-refractivity contribution in [2.24, 2.45) is 0 Å². The molecule has 3 saturated heterocycles. The first-order valence-electron chi connectivity index (χ1n) is 10.9. The molecule has 11 heteroatoms. The molecule has 1 N–H and O–H groups in total. The summed E-state index contributed by atoms with van der Waals surface area (Å²) in [6.07, 6.45) is 0.526. The van der Waals surface area contributed by atoms with Crippen molar-refractivity contribution >= 4 is 40.9 Å². The molecule has 0 spiro atoms. The molecule has 0 aromatic heterocycles. The number of likely N-dealkylation sites (tertiary alicyclic amines) is 1. The number of urea groups is 2. The fraction of sp³-hybridized carbons (Fsp3) is 0.333. The maximum absolute atomic E-state index is 13.5. The van der Waals surface area contributed by atoms with Gasteiger partial charge in [0, 0.05) is 30.4 Å². The zero-order valence-electron chi connectivity index (χ0n) is 19.2. The predicted octanol–water partition coefficient (Wildman–Crippen LogP) is 3.36. The van der Waals surface area contributed by atoms with Gasteiger partial charge in [-0.1, -0.05) is 11.6 Å². The fourth-order valence-corrected chi connectivity index (χ4v) is 5.39. The van der Waals surface area contributed by atoms with Crippen LogP contribution in [0.4, 0.5) is 21.0 Å². The van der Waals surface area contributed by atoms with E-state index in [2.05, 4.69) is 5.32 Å². The molecular formula is C24H22ClN5O5. The average Bonchev–Trinajstić information content (AvgIpc) is 3.52.